The number of piperidine rings is 1. The summed E-state index contributed by atoms with van der Waals surface area (Å²) in [5.74, 6) is 0.337. The van der Waals surface area contributed by atoms with E-state index in [2.05, 4.69) is 31.0 Å². The quantitative estimate of drug-likeness (QED) is 0.824. The Morgan fingerprint density at radius 2 is 1.78 bits per heavy atom. The first-order valence-corrected chi connectivity index (χ1v) is 11.8. The molecule has 1 heterocycles. The predicted octanol–water partition coefficient (Wildman–Crippen LogP) is 3.70. The topological polar surface area (TPSA) is 52.9 Å². The highest BCUT2D eigenvalue weighted by Gasteiger charge is 2.33. The van der Waals surface area contributed by atoms with Gasteiger partial charge in [0, 0.05) is 12.5 Å². The van der Waals surface area contributed by atoms with Crippen molar-refractivity contribution in [1.29, 1.82) is 5.26 Å². The number of rotatable bonds is 5. The van der Waals surface area contributed by atoms with E-state index in [1.165, 1.54) is 0 Å². The Morgan fingerprint density at radius 3 is 2.26 bits per heavy atom. The number of nitrogens with zero attached hydrogens (tertiary/aromatic N) is 1. The zero-order valence-corrected chi connectivity index (χ0v) is 16.1. The third-order valence-electron chi connectivity index (χ3n) is 4.31. The van der Waals surface area contributed by atoms with E-state index >= 15 is 0 Å². The summed E-state index contributed by atoms with van der Waals surface area (Å²) in [6, 6.07) is 11.4. The van der Waals surface area contributed by atoms with E-state index in [0.29, 0.717) is 12.2 Å². The summed E-state index contributed by atoms with van der Waals surface area (Å²) < 4.78 is 0. The van der Waals surface area contributed by atoms with Gasteiger partial charge in [-0.1, -0.05) is 43.9 Å². The van der Waals surface area contributed by atoms with Crippen molar-refractivity contribution in [2.24, 2.45) is 0 Å². The minimum Gasteiger partial charge on any atom is -0.317 e. The van der Waals surface area contributed by atoms with Gasteiger partial charge in [0.15, 0.2) is 0 Å². The van der Waals surface area contributed by atoms with Crippen LogP contribution in [0.3, 0.4) is 0 Å². The number of carbonyl (C=O) groups excluding carboxylic acids is 1. The molecule has 0 aliphatic carbocycles. The van der Waals surface area contributed by atoms with Gasteiger partial charge in [0.05, 0.1) is 19.6 Å². The molecule has 0 saturated carbocycles. The smallest absolute Gasteiger partial charge is 0.134 e. The molecule has 1 N–H and O–H groups in total. The Hall–Kier alpha value is -1.15. The van der Waals surface area contributed by atoms with Gasteiger partial charge >= 0.3 is 0 Å². The number of Topliss-reactive ketones (excluding diaryl/α,β-unsaturated/α-hetero) is 1. The highest BCUT2D eigenvalue weighted by atomic mass is 35.5. The maximum atomic E-state index is 12.1. The summed E-state index contributed by atoms with van der Waals surface area (Å²) in [6.07, 6.45) is 2.24. The Morgan fingerprint density at radius 1 is 1.22 bits per heavy atom. The normalized spacial score (nSPS) is 17.0. The fraction of sp³-hybridized carbons (Fsp3) is 0.556. The van der Waals surface area contributed by atoms with Gasteiger partial charge in [0.25, 0.3) is 0 Å². The van der Waals surface area contributed by atoms with Crippen LogP contribution in [0.15, 0.2) is 24.3 Å². The van der Waals surface area contributed by atoms with E-state index in [1.54, 1.807) is 0 Å². The molecular weight excluding hydrogens is 324 g/mol. The number of hydrogen-bond donors (Lipinski definition) is 1. The van der Waals surface area contributed by atoms with Crippen molar-refractivity contribution in [3.05, 3.63) is 35.4 Å². The molecule has 2 rings (SSSR count). The molecule has 0 bridgehead atoms. The molecule has 1 aliphatic rings. The lowest BCUT2D eigenvalue weighted by atomic mass is 9.74. The molecule has 0 amide bonds. The number of nitrogens with one attached hydrogen (secondary N) is 1. The van der Waals surface area contributed by atoms with E-state index in [1.807, 2.05) is 24.3 Å². The van der Waals surface area contributed by atoms with Crippen LogP contribution in [0.1, 0.15) is 24.0 Å². The Labute approximate surface area is 146 Å². The number of hydrogen-bond acceptors (Lipinski definition) is 3. The summed E-state index contributed by atoms with van der Waals surface area (Å²) in [7, 11) is -1.33. The van der Waals surface area contributed by atoms with Gasteiger partial charge in [-0.15, -0.1) is 12.4 Å². The lowest BCUT2D eigenvalue weighted by molar-refractivity contribution is -0.116. The molecular formula is C18H27ClN2OSi. The van der Waals surface area contributed by atoms with Crippen molar-refractivity contribution in [1.82, 2.24) is 5.32 Å². The fourth-order valence-corrected chi connectivity index (χ4v) is 4.45. The number of nitriles is 1. The summed E-state index contributed by atoms with van der Waals surface area (Å²) in [4.78, 5) is 12.1. The minimum atomic E-state index is -1.33. The molecule has 0 aromatic heterocycles. The first-order valence-electron chi connectivity index (χ1n) is 8.08. The van der Waals surface area contributed by atoms with Crippen LogP contribution in [0.2, 0.25) is 25.7 Å². The van der Waals surface area contributed by atoms with Crippen LogP contribution in [-0.4, -0.2) is 26.9 Å². The van der Waals surface area contributed by atoms with Crippen LogP contribution in [0, 0.1) is 11.3 Å². The molecule has 1 aliphatic heterocycles. The van der Waals surface area contributed by atoms with Crippen molar-refractivity contribution in [2.45, 2.75) is 50.4 Å². The number of benzene rings is 1. The molecule has 5 heteroatoms. The highest BCUT2D eigenvalue weighted by Crippen LogP contribution is 2.32. The first kappa shape index (κ1) is 19.9. The molecule has 3 nitrogen and oxygen atoms in total. The van der Waals surface area contributed by atoms with E-state index < -0.39 is 8.07 Å². The standard InChI is InChI=1S/C18H26N2OSi.ClH/c1-22(2,3)13-17(21)12-15-4-6-16(7-5-15)18(14-19)8-10-20-11-9-18;/h4-7,20H,8-13H2,1-3H3;1H. The maximum Gasteiger partial charge on any atom is 0.134 e. The third-order valence-corrected chi connectivity index (χ3v) is 5.76. The van der Waals surface area contributed by atoms with Gasteiger partial charge in [-0.05, 0) is 37.1 Å². The summed E-state index contributed by atoms with van der Waals surface area (Å²) >= 11 is 0. The molecule has 0 radical (unpaired) electrons. The summed E-state index contributed by atoms with van der Waals surface area (Å²) in [5.41, 5.74) is 1.80. The van der Waals surface area contributed by atoms with Crippen LogP contribution < -0.4 is 5.32 Å². The molecule has 1 saturated heterocycles. The molecule has 1 aromatic rings. The van der Waals surface area contributed by atoms with Crippen molar-refractivity contribution in [3.63, 3.8) is 0 Å². The van der Waals surface area contributed by atoms with Crippen LogP contribution in [-0.2, 0) is 16.6 Å². The Balaban J connectivity index is 0.00000264. The van der Waals surface area contributed by atoms with Gasteiger partial charge in [-0.25, -0.2) is 0 Å². The first-order chi connectivity index (χ1) is 10.3. The average molecular weight is 351 g/mol. The Kier molecular flexibility index (Phi) is 7.00. The van der Waals surface area contributed by atoms with Gasteiger partial charge in [0.2, 0.25) is 0 Å². The molecule has 1 fully saturated rings. The van der Waals surface area contributed by atoms with Crippen molar-refractivity contribution < 1.29 is 4.79 Å². The molecule has 0 spiro atoms. The van der Waals surface area contributed by atoms with Crippen molar-refractivity contribution >= 4 is 26.3 Å². The minimum absolute atomic E-state index is 0. The van der Waals surface area contributed by atoms with Crippen LogP contribution in [0.4, 0.5) is 0 Å². The van der Waals surface area contributed by atoms with Gasteiger partial charge in [0.1, 0.15) is 5.78 Å². The largest absolute Gasteiger partial charge is 0.317 e. The van der Waals surface area contributed by atoms with E-state index in [4.69, 9.17) is 0 Å². The number of carbonyl (C=O) groups is 1. The second-order valence-corrected chi connectivity index (χ2v) is 13.1. The molecule has 1 aromatic carbocycles. The van der Waals surface area contributed by atoms with Crippen LogP contribution in [0.25, 0.3) is 0 Å². The second kappa shape index (κ2) is 8.10. The van der Waals surface area contributed by atoms with Crippen LogP contribution >= 0.6 is 12.4 Å². The lowest BCUT2D eigenvalue weighted by Crippen LogP contribution is -2.38. The van der Waals surface area contributed by atoms with E-state index in [-0.39, 0.29) is 17.8 Å². The SMILES string of the molecule is C[Si](C)(C)CC(=O)Cc1ccc(C2(C#N)CCNCC2)cc1.Cl. The lowest BCUT2D eigenvalue weighted by Gasteiger charge is -2.31. The van der Waals surface area contributed by atoms with E-state index in [0.717, 1.165) is 43.1 Å². The fourth-order valence-electron chi connectivity index (χ4n) is 3.14. The highest BCUT2D eigenvalue weighted by molar-refractivity contribution is 6.78. The van der Waals surface area contributed by atoms with Crippen molar-refractivity contribution in [2.75, 3.05) is 13.1 Å². The maximum absolute atomic E-state index is 12.1. The average Bonchev–Trinajstić information content (AvgIpc) is 2.46. The van der Waals surface area contributed by atoms with Gasteiger partial charge in [-0.2, -0.15) is 5.26 Å². The summed E-state index contributed by atoms with van der Waals surface area (Å²) in [5, 5.41) is 12.9. The monoisotopic (exact) mass is 350 g/mol. The molecule has 23 heavy (non-hydrogen) atoms. The Bertz CT molecular complexity index is 566. The molecule has 126 valence electrons. The third kappa shape index (κ3) is 5.45. The van der Waals surface area contributed by atoms with Gasteiger partial charge < -0.3 is 5.32 Å². The van der Waals surface area contributed by atoms with Gasteiger partial charge in [-0.3, -0.25) is 4.79 Å². The van der Waals surface area contributed by atoms with Crippen LogP contribution in [0.5, 0.6) is 0 Å². The molecule has 0 atom stereocenters. The van der Waals surface area contributed by atoms with Crippen molar-refractivity contribution in [3.8, 4) is 6.07 Å². The zero-order valence-electron chi connectivity index (χ0n) is 14.3. The molecule has 0 unspecified atom stereocenters. The summed E-state index contributed by atoms with van der Waals surface area (Å²) in [6.45, 7) is 8.46. The number of ketones is 1. The zero-order chi connectivity index (χ0) is 16.2. The number of halogens is 1. The second-order valence-electron chi connectivity index (χ2n) is 7.59. The van der Waals surface area contributed by atoms with E-state index in [9.17, 15) is 10.1 Å². The predicted molar refractivity (Wildman–Crippen MR) is 99.9 cm³/mol.